The summed E-state index contributed by atoms with van der Waals surface area (Å²) >= 11 is 0. The van der Waals surface area contributed by atoms with E-state index in [0.29, 0.717) is 29.5 Å². The third-order valence-electron chi connectivity index (χ3n) is 8.28. The first kappa shape index (κ1) is 24.8. The van der Waals surface area contributed by atoms with Crippen LogP contribution in [0.15, 0.2) is 30.5 Å². The number of hydrogen-bond donors (Lipinski definition) is 2. The zero-order chi connectivity index (χ0) is 26.8. The largest absolute Gasteiger partial charge is 0.485 e. The minimum absolute atomic E-state index is 0.0709. The van der Waals surface area contributed by atoms with Gasteiger partial charge in [0.15, 0.2) is 17.1 Å². The van der Waals surface area contributed by atoms with Crippen LogP contribution in [0.1, 0.15) is 65.8 Å². The zero-order valence-electron chi connectivity index (χ0n) is 21.4. The van der Waals surface area contributed by atoms with Crippen LogP contribution < -0.4 is 15.8 Å². The molecule has 4 bridgehead atoms. The first-order valence-corrected chi connectivity index (χ1v) is 12.9. The van der Waals surface area contributed by atoms with Gasteiger partial charge in [-0.25, -0.2) is 23.4 Å². The molecular formula is C28H30F2N4O4. The van der Waals surface area contributed by atoms with E-state index < -0.39 is 29.2 Å². The summed E-state index contributed by atoms with van der Waals surface area (Å²) in [7, 11) is 0. The van der Waals surface area contributed by atoms with Gasteiger partial charge in [-0.2, -0.15) is 0 Å². The Morgan fingerprint density at radius 3 is 2.50 bits per heavy atom. The predicted octanol–water partition coefficient (Wildman–Crippen LogP) is 4.72. The molecule has 10 heteroatoms. The predicted molar refractivity (Wildman–Crippen MR) is 134 cm³/mol. The van der Waals surface area contributed by atoms with Gasteiger partial charge in [-0.1, -0.05) is 6.07 Å². The van der Waals surface area contributed by atoms with Crippen LogP contribution in [0.25, 0.3) is 5.65 Å². The van der Waals surface area contributed by atoms with Crippen molar-refractivity contribution in [3.05, 3.63) is 64.6 Å². The summed E-state index contributed by atoms with van der Waals surface area (Å²) in [6.07, 6.45) is 6.36. The summed E-state index contributed by atoms with van der Waals surface area (Å²) < 4.78 is 40.7. The molecule has 0 saturated heterocycles. The maximum atomic E-state index is 14.1. The highest BCUT2D eigenvalue weighted by Crippen LogP contribution is 2.56. The van der Waals surface area contributed by atoms with Crippen molar-refractivity contribution in [2.45, 2.75) is 70.1 Å². The Morgan fingerprint density at radius 2 is 1.84 bits per heavy atom. The molecule has 2 heterocycles. The van der Waals surface area contributed by atoms with Gasteiger partial charge in [0.25, 0.3) is 0 Å². The third-order valence-corrected chi connectivity index (χ3v) is 8.28. The van der Waals surface area contributed by atoms with Gasteiger partial charge in [0.05, 0.1) is 11.3 Å². The normalized spacial score (nSPS) is 27.5. The molecule has 0 aliphatic heterocycles. The van der Waals surface area contributed by atoms with Crippen molar-refractivity contribution in [3.63, 3.8) is 0 Å². The van der Waals surface area contributed by atoms with Crippen LogP contribution in [0.5, 0.6) is 5.75 Å². The monoisotopic (exact) mass is 524 g/mol. The average molecular weight is 525 g/mol. The molecule has 200 valence electrons. The number of rotatable bonds is 5. The third kappa shape index (κ3) is 4.30. The van der Waals surface area contributed by atoms with Gasteiger partial charge in [-0.15, -0.1) is 0 Å². The number of nitrogens with one attached hydrogen (secondary N) is 1. The highest BCUT2D eigenvalue weighted by atomic mass is 19.1. The molecule has 0 spiro atoms. The molecular weight excluding hydrogens is 494 g/mol. The summed E-state index contributed by atoms with van der Waals surface area (Å²) in [6, 6.07) is 5.26. The second-order valence-corrected chi connectivity index (χ2v) is 11.5. The Bertz CT molecular complexity index is 1430. The number of imidazole rings is 1. The molecule has 4 aliphatic carbocycles. The van der Waals surface area contributed by atoms with Gasteiger partial charge in [0, 0.05) is 17.3 Å². The lowest BCUT2D eigenvalue weighted by molar-refractivity contribution is -0.0332. The highest BCUT2D eigenvalue weighted by Gasteiger charge is 2.57. The fourth-order valence-corrected chi connectivity index (χ4v) is 7.38. The molecule has 8 nitrogen and oxygen atoms in total. The zero-order valence-corrected chi connectivity index (χ0v) is 21.4. The lowest BCUT2D eigenvalue weighted by Crippen LogP contribution is -2.68. The second-order valence-electron chi connectivity index (χ2n) is 11.5. The Kier molecular flexibility index (Phi) is 5.71. The van der Waals surface area contributed by atoms with Gasteiger partial charge < -0.3 is 20.5 Å². The van der Waals surface area contributed by atoms with Crippen molar-refractivity contribution in [2.24, 2.45) is 17.6 Å². The molecule has 3 aromatic rings. The summed E-state index contributed by atoms with van der Waals surface area (Å²) in [6.45, 7) is 3.04. The van der Waals surface area contributed by atoms with Crippen molar-refractivity contribution in [1.82, 2.24) is 14.7 Å². The summed E-state index contributed by atoms with van der Waals surface area (Å²) in [5, 5.41) is 2.99. The number of alkyl carbamates (subject to hydrolysis) is 1. The number of aromatic nitrogens is 2. The summed E-state index contributed by atoms with van der Waals surface area (Å²) in [4.78, 5) is 30.5. The van der Waals surface area contributed by atoms with Crippen molar-refractivity contribution in [2.75, 3.05) is 0 Å². The van der Waals surface area contributed by atoms with Crippen molar-refractivity contribution < 1.29 is 27.8 Å². The Hall–Kier alpha value is -3.53. The van der Waals surface area contributed by atoms with Gasteiger partial charge in [0.2, 0.25) is 0 Å². The molecule has 2 atom stereocenters. The lowest BCUT2D eigenvalue weighted by atomic mass is 9.50. The number of pyridine rings is 1. The van der Waals surface area contributed by atoms with Crippen LogP contribution in [-0.4, -0.2) is 32.5 Å². The number of halogens is 2. The maximum Gasteiger partial charge on any atom is 0.415 e. The van der Waals surface area contributed by atoms with E-state index in [4.69, 9.17) is 15.2 Å². The Morgan fingerprint density at radius 1 is 1.16 bits per heavy atom. The lowest BCUT2D eigenvalue weighted by Gasteiger charge is -2.60. The first-order chi connectivity index (χ1) is 18.0. The number of fused-ring (bicyclic) bond motifs is 1. The van der Waals surface area contributed by atoms with Crippen molar-refractivity contribution in [1.29, 1.82) is 0 Å². The fourth-order valence-electron chi connectivity index (χ4n) is 7.38. The second kappa shape index (κ2) is 8.76. The smallest absolute Gasteiger partial charge is 0.415 e. The average Bonchev–Trinajstić information content (AvgIpc) is 3.12. The standard InChI is InChI=1S/C28H30F2N4O4/c1-15-6-22(37-13-19-20(29)4-3-5-21(19)30)24-32-16(2)23(34(24)12-15)25(35)38-26(36)33-28-10-17-7-18(11-28)9-27(31,8-17)14-28/h3-6,12,17-18H,7-11,13-14,31H2,1-2H3,(H,33,36). The molecule has 1 amide bonds. The SMILES string of the molecule is Cc1cc(OCc2c(F)cccc2F)c2nc(C)c(C(=O)OC(=O)NC34CC5CC(CC(N)(C5)C3)C4)n2c1. The van der Waals surface area contributed by atoms with E-state index in [2.05, 4.69) is 10.3 Å². The molecule has 3 N–H and O–H groups in total. The van der Waals surface area contributed by atoms with Crippen LogP contribution in [0.2, 0.25) is 0 Å². The molecule has 1 aromatic carbocycles. The number of aryl methyl sites for hydroxylation is 2. The van der Waals surface area contributed by atoms with Gasteiger partial charge in [0.1, 0.15) is 18.2 Å². The number of nitrogens with zero attached hydrogens (tertiary/aromatic N) is 2. The number of amides is 1. The number of nitrogens with two attached hydrogens (primary N) is 1. The van der Waals surface area contributed by atoms with Gasteiger partial charge >= 0.3 is 12.1 Å². The minimum Gasteiger partial charge on any atom is -0.485 e. The highest BCUT2D eigenvalue weighted by molar-refractivity contribution is 5.97. The van der Waals surface area contributed by atoms with Crippen LogP contribution in [0.3, 0.4) is 0 Å². The van der Waals surface area contributed by atoms with E-state index in [9.17, 15) is 18.4 Å². The van der Waals surface area contributed by atoms with E-state index in [1.807, 2.05) is 0 Å². The molecule has 7 rings (SSSR count). The molecule has 0 radical (unpaired) electrons. The van der Waals surface area contributed by atoms with Crippen LogP contribution in [0.4, 0.5) is 13.6 Å². The number of benzene rings is 1. The molecule has 4 fully saturated rings. The summed E-state index contributed by atoms with van der Waals surface area (Å²) in [5.74, 6) is -1.08. The van der Waals surface area contributed by atoms with Crippen LogP contribution in [-0.2, 0) is 11.3 Å². The quantitative estimate of drug-likeness (QED) is 0.369. The topological polar surface area (TPSA) is 108 Å². The van der Waals surface area contributed by atoms with E-state index in [0.717, 1.165) is 44.2 Å². The van der Waals surface area contributed by atoms with Gasteiger partial charge in [-0.05, 0) is 88.0 Å². The fraction of sp³-hybridized carbons (Fsp3) is 0.464. The Labute approximate surface area is 218 Å². The molecule has 2 unspecified atom stereocenters. The first-order valence-electron chi connectivity index (χ1n) is 12.9. The maximum absolute atomic E-state index is 14.1. The number of carbonyl (C=O) groups is 2. The van der Waals surface area contributed by atoms with Crippen LogP contribution >= 0.6 is 0 Å². The molecule has 4 aliphatic rings. The molecule has 2 aromatic heterocycles. The van der Waals surface area contributed by atoms with Crippen LogP contribution in [0, 0.1) is 37.3 Å². The molecule has 4 saturated carbocycles. The van der Waals surface area contributed by atoms with Crippen molar-refractivity contribution >= 4 is 17.7 Å². The summed E-state index contributed by atoms with van der Waals surface area (Å²) in [5.41, 5.74) is 7.08. The van der Waals surface area contributed by atoms with E-state index in [-0.39, 0.29) is 34.8 Å². The number of ether oxygens (including phenoxy) is 2. The number of carbonyl (C=O) groups excluding carboxylic acids is 2. The van der Waals surface area contributed by atoms with E-state index >= 15 is 0 Å². The Balaban J connectivity index is 1.22. The van der Waals surface area contributed by atoms with E-state index in [1.165, 1.54) is 10.5 Å². The number of hydrogen-bond acceptors (Lipinski definition) is 6. The van der Waals surface area contributed by atoms with E-state index in [1.54, 1.807) is 26.1 Å². The minimum atomic E-state index is -0.851. The van der Waals surface area contributed by atoms with Gasteiger partial charge in [-0.3, -0.25) is 4.40 Å². The number of esters is 1. The molecule has 38 heavy (non-hydrogen) atoms. The van der Waals surface area contributed by atoms with Crippen molar-refractivity contribution in [3.8, 4) is 5.75 Å².